The Hall–Kier alpha value is -1.62. The molecule has 17 heavy (non-hydrogen) atoms. The van der Waals surface area contributed by atoms with Crippen molar-refractivity contribution in [3.63, 3.8) is 0 Å². The SMILES string of the molecule is Cc1cnn(CCNC(C)c2ccnn2C)c1. The summed E-state index contributed by atoms with van der Waals surface area (Å²) in [6, 6.07) is 2.34. The normalized spacial score (nSPS) is 12.9. The number of hydrogen-bond donors (Lipinski definition) is 1. The predicted octanol–water partition coefficient (Wildman–Crippen LogP) is 1.28. The van der Waals surface area contributed by atoms with Crippen LogP contribution in [0, 0.1) is 6.92 Å². The summed E-state index contributed by atoms with van der Waals surface area (Å²) >= 11 is 0. The van der Waals surface area contributed by atoms with Crippen LogP contribution in [0.3, 0.4) is 0 Å². The molecule has 2 aromatic heterocycles. The van der Waals surface area contributed by atoms with Gasteiger partial charge in [-0.25, -0.2) is 0 Å². The average Bonchev–Trinajstić information content (AvgIpc) is 2.87. The van der Waals surface area contributed by atoms with Gasteiger partial charge in [-0.1, -0.05) is 0 Å². The lowest BCUT2D eigenvalue weighted by Crippen LogP contribution is -2.25. The zero-order valence-corrected chi connectivity index (χ0v) is 10.6. The monoisotopic (exact) mass is 233 g/mol. The number of aryl methyl sites for hydroxylation is 2. The molecule has 0 aliphatic heterocycles. The first-order valence-corrected chi connectivity index (χ1v) is 5.87. The third-order valence-corrected chi connectivity index (χ3v) is 2.86. The number of hydrogen-bond acceptors (Lipinski definition) is 3. The third-order valence-electron chi connectivity index (χ3n) is 2.86. The van der Waals surface area contributed by atoms with Crippen LogP contribution in [0.25, 0.3) is 0 Å². The Morgan fingerprint density at radius 1 is 1.41 bits per heavy atom. The molecule has 0 saturated carbocycles. The minimum absolute atomic E-state index is 0.305. The van der Waals surface area contributed by atoms with Gasteiger partial charge < -0.3 is 5.32 Å². The van der Waals surface area contributed by atoms with Crippen molar-refractivity contribution < 1.29 is 0 Å². The summed E-state index contributed by atoms with van der Waals surface area (Å²) in [5.41, 5.74) is 2.39. The molecule has 0 aliphatic carbocycles. The van der Waals surface area contributed by atoms with Crippen molar-refractivity contribution in [2.75, 3.05) is 6.54 Å². The van der Waals surface area contributed by atoms with Crippen molar-refractivity contribution in [1.82, 2.24) is 24.9 Å². The van der Waals surface area contributed by atoms with Gasteiger partial charge >= 0.3 is 0 Å². The summed E-state index contributed by atoms with van der Waals surface area (Å²) in [6.45, 7) is 5.98. The number of nitrogens with one attached hydrogen (secondary N) is 1. The molecule has 2 heterocycles. The fourth-order valence-corrected chi connectivity index (χ4v) is 1.90. The Kier molecular flexibility index (Phi) is 3.58. The maximum atomic E-state index is 4.25. The van der Waals surface area contributed by atoms with Crippen LogP contribution in [0.5, 0.6) is 0 Å². The van der Waals surface area contributed by atoms with E-state index in [2.05, 4.69) is 35.6 Å². The standard InChI is InChI=1S/C12H19N5/c1-10-8-15-17(9-10)7-6-13-11(2)12-4-5-14-16(12)3/h4-5,8-9,11,13H,6-7H2,1-3H3. The van der Waals surface area contributed by atoms with Crippen LogP contribution >= 0.6 is 0 Å². The first kappa shape index (κ1) is 11.9. The highest BCUT2D eigenvalue weighted by Gasteiger charge is 2.07. The zero-order chi connectivity index (χ0) is 12.3. The molecule has 92 valence electrons. The van der Waals surface area contributed by atoms with E-state index in [1.54, 1.807) is 0 Å². The second-order valence-electron chi connectivity index (χ2n) is 4.34. The second kappa shape index (κ2) is 5.14. The Balaban J connectivity index is 1.81. The van der Waals surface area contributed by atoms with Gasteiger partial charge in [0.2, 0.25) is 0 Å². The summed E-state index contributed by atoms with van der Waals surface area (Å²) in [5.74, 6) is 0. The fourth-order valence-electron chi connectivity index (χ4n) is 1.90. The molecule has 0 fully saturated rings. The van der Waals surface area contributed by atoms with E-state index in [1.165, 1.54) is 11.3 Å². The summed E-state index contributed by atoms with van der Waals surface area (Å²) in [6.07, 6.45) is 5.76. The number of nitrogens with zero attached hydrogens (tertiary/aromatic N) is 4. The molecule has 0 aromatic carbocycles. The lowest BCUT2D eigenvalue weighted by molar-refractivity contribution is 0.486. The molecule has 0 bridgehead atoms. The van der Waals surface area contributed by atoms with Crippen LogP contribution in [0.4, 0.5) is 0 Å². The van der Waals surface area contributed by atoms with Crippen molar-refractivity contribution >= 4 is 0 Å². The molecule has 1 atom stereocenters. The van der Waals surface area contributed by atoms with Gasteiger partial charge in [0, 0.05) is 32.0 Å². The van der Waals surface area contributed by atoms with Gasteiger partial charge in [0.25, 0.3) is 0 Å². The molecule has 0 aliphatic rings. The van der Waals surface area contributed by atoms with Gasteiger partial charge in [-0.3, -0.25) is 9.36 Å². The van der Waals surface area contributed by atoms with Gasteiger partial charge in [-0.05, 0) is 25.5 Å². The van der Waals surface area contributed by atoms with Crippen LogP contribution in [0.1, 0.15) is 24.2 Å². The molecule has 1 unspecified atom stereocenters. The van der Waals surface area contributed by atoms with Gasteiger partial charge in [-0.2, -0.15) is 10.2 Å². The fraction of sp³-hybridized carbons (Fsp3) is 0.500. The molecule has 0 spiro atoms. The predicted molar refractivity (Wildman–Crippen MR) is 66.6 cm³/mol. The van der Waals surface area contributed by atoms with Crippen LogP contribution < -0.4 is 5.32 Å². The molecule has 0 radical (unpaired) electrons. The Bertz CT molecular complexity index is 471. The smallest absolute Gasteiger partial charge is 0.0547 e. The van der Waals surface area contributed by atoms with Gasteiger partial charge in [0.05, 0.1) is 18.4 Å². The van der Waals surface area contributed by atoms with E-state index in [0.717, 1.165) is 13.1 Å². The minimum Gasteiger partial charge on any atom is -0.307 e. The topological polar surface area (TPSA) is 47.7 Å². The van der Waals surface area contributed by atoms with Crippen molar-refractivity contribution in [3.05, 3.63) is 35.9 Å². The third kappa shape index (κ3) is 2.94. The first-order chi connectivity index (χ1) is 8.16. The van der Waals surface area contributed by atoms with Crippen molar-refractivity contribution in [1.29, 1.82) is 0 Å². The quantitative estimate of drug-likeness (QED) is 0.846. The Morgan fingerprint density at radius 2 is 2.24 bits per heavy atom. The van der Waals surface area contributed by atoms with Gasteiger partial charge in [0.15, 0.2) is 0 Å². The Labute approximate surface area is 101 Å². The van der Waals surface area contributed by atoms with E-state index in [1.807, 2.05) is 34.9 Å². The molecule has 0 saturated heterocycles. The highest BCUT2D eigenvalue weighted by molar-refractivity contribution is 5.05. The first-order valence-electron chi connectivity index (χ1n) is 5.87. The number of aromatic nitrogens is 4. The van der Waals surface area contributed by atoms with Crippen LogP contribution in [0.15, 0.2) is 24.7 Å². The summed E-state index contributed by atoms with van der Waals surface area (Å²) < 4.78 is 3.86. The van der Waals surface area contributed by atoms with E-state index in [4.69, 9.17) is 0 Å². The molecule has 2 aromatic rings. The zero-order valence-electron chi connectivity index (χ0n) is 10.6. The molecule has 1 N–H and O–H groups in total. The number of rotatable bonds is 5. The van der Waals surface area contributed by atoms with Crippen molar-refractivity contribution in [2.24, 2.45) is 7.05 Å². The molecule has 5 heteroatoms. The minimum atomic E-state index is 0.305. The van der Waals surface area contributed by atoms with E-state index >= 15 is 0 Å². The van der Waals surface area contributed by atoms with Crippen LogP contribution in [-0.2, 0) is 13.6 Å². The van der Waals surface area contributed by atoms with Crippen LogP contribution in [0.2, 0.25) is 0 Å². The second-order valence-corrected chi connectivity index (χ2v) is 4.34. The van der Waals surface area contributed by atoms with Crippen molar-refractivity contribution in [3.8, 4) is 0 Å². The lowest BCUT2D eigenvalue weighted by atomic mass is 10.2. The van der Waals surface area contributed by atoms with Crippen molar-refractivity contribution in [2.45, 2.75) is 26.4 Å². The largest absolute Gasteiger partial charge is 0.307 e. The summed E-state index contributed by atoms with van der Waals surface area (Å²) in [7, 11) is 1.96. The average molecular weight is 233 g/mol. The lowest BCUT2D eigenvalue weighted by Gasteiger charge is -2.14. The van der Waals surface area contributed by atoms with E-state index in [0.29, 0.717) is 6.04 Å². The molecule has 0 amide bonds. The van der Waals surface area contributed by atoms with E-state index in [-0.39, 0.29) is 0 Å². The summed E-state index contributed by atoms with van der Waals surface area (Å²) in [5, 5.41) is 11.9. The van der Waals surface area contributed by atoms with Crippen LogP contribution in [-0.4, -0.2) is 26.1 Å². The highest BCUT2D eigenvalue weighted by atomic mass is 15.3. The summed E-state index contributed by atoms with van der Waals surface area (Å²) in [4.78, 5) is 0. The van der Waals surface area contributed by atoms with E-state index in [9.17, 15) is 0 Å². The van der Waals surface area contributed by atoms with E-state index < -0.39 is 0 Å². The maximum absolute atomic E-state index is 4.25. The highest BCUT2D eigenvalue weighted by Crippen LogP contribution is 2.09. The van der Waals surface area contributed by atoms with Gasteiger partial charge in [0.1, 0.15) is 0 Å². The molecule has 2 rings (SSSR count). The molecular weight excluding hydrogens is 214 g/mol. The molecular formula is C12H19N5. The Morgan fingerprint density at radius 3 is 2.82 bits per heavy atom. The van der Waals surface area contributed by atoms with Gasteiger partial charge in [-0.15, -0.1) is 0 Å². The maximum Gasteiger partial charge on any atom is 0.0547 e. The molecule has 5 nitrogen and oxygen atoms in total.